The molecular weight excluding hydrogens is 368 g/mol. The fraction of sp³-hybridized carbons (Fsp3) is 0.227. The molecule has 0 bridgehead atoms. The Balaban J connectivity index is 1.77. The summed E-state index contributed by atoms with van der Waals surface area (Å²) in [6.45, 7) is 4.92. The van der Waals surface area contributed by atoms with Crippen LogP contribution in [0.5, 0.6) is 5.75 Å². The van der Waals surface area contributed by atoms with Crippen LogP contribution in [0, 0.1) is 13.8 Å². The first kappa shape index (κ1) is 18.4. The minimum atomic E-state index is 0.184. The minimum Gasteiger partial charge on any atom is -0.507 e. The molecule has 0 unspecified atom stereocenters. The fourth-order valence-electron chi connectivity index (χ4n) is 3.24. The fourth-order valence-corrected chi connectivity index (χ4v) is 4.01. The largest absolute Gasteiger partial charge is 0.507 e. The SMILES string of the molecule is Cc1ccc2c(N(C)CCc3scnc3C)nc(-c3ccccc3O)nc2c1. The third-order valence-corrected chi connectivity index (χ3v) is 5.85. The number of thiazole rings is 1. The van der Waals surface area contributed by atoms with Crippen LogP contribution in [0.15, 0.2) is 48.0 Å². The van der Waals surface area contributed by atoms with Crippen molar-refractivity contribution >= 4 is 28.1 Å². The Bertz CT molecular complexity index is 1140. The Labute approximate surface area is 168 Å². The van der Waals surface area contributed by atoms with Gasteiger partial charge in [-0.2, -0.15) is 0 Å². The first-order valence-corrected chi connectivity index (χ1v) is 10.1. The molecule has 5 nitrogen and oxygen atoms in total. The van der Waals surface area contributed by atoms with E-state index in [2.05, 4.69) is 35.0 Å². The molecule has 0 radical (unpaired) electrons. The van der Waals surface area contributed by atoms with Gasteiger partial charge in [0.2, 0.25) is 0 Å². The Morgan fingerprint density at radius 1 is 1.07 bits per heavy atom. The first-order chi connectivity index (χ1) is 13.5. The van der Waals surface area contributed by atoms with E-state index in [0.717, 1.165) is 40.9 Å². The molecule has 0 aliphatic heterocycles. The number of aromatic nitrogens is 3. The number of para-hydroxylation sites is 1. The summed E-state index contributed by atoms with van der Waals surface area (Å²) in [6, 6.07) is 13.4. The predicted molar refractivity (Wildman–Crippen MR) is 115 cm³/mol. The molecule has 4 rings (SSSR count). The van der Waals surface area contributed by atoms with E-state index in [-0.39, 0.29) is 5.75 Å². The number of aryl methyl sites for hydroxylation is 2. The summed E-state index contributed by atoms with van der Waals surface area (Å²) in [4.78, 5) is 17.3. The number of aromatic hydroxyl groups is 1. The van der Waals surface area contributed by atoms with E-state index in [4.69, 9.17) is 9.97 Å². The van der Waals surface area contributed by atoms with Crippen molar-refractivity contribution in [2.75, 3.05) is 18.5 Å². The third-order valence-electron chi connectivity index (χ3n) is 4.86. The van der Waals surface area contributed by atoms with Crippen LogP contribution in [-0.2, 0) is 6.42 Å². The molecule has 0 aliphatic carbocycles. The number of phenolic OH excluding ortho intramolecular Hbond substituents is 1. The average Bonchev–Trinajstić information content (AvgIpc) is 3.10. The van der Waals surface area contributed by atoms with Crippen molar-refractivity contribution in [3.8, 4) is 17.1 Å². The van der Waals surface area contributed by atoms with E-state index >= 15 is 0 Å². The zero-order chi connectivity index (χ0) is 19.7. The van der Waals surface area contributed by atoms with Crippen molar-refractivity contribution in [1.29, 1.82) is 0 Å². The van der Waals surface area contributed by atoms with Crippen LogP contribution in [0.2, 0.25) is 0 Å². The van der Waals surface area contributed by atoms with Crippen molar-refractivity contribution in [3.63, 3.8) is 0 Å². The lowest BCUT2D eigenvalue weighted by molar-refractivity contribution is 0.477. The van der Waals surface area contributed by atoms with Crippen molar-refractivity contribution in [2.24, 2.45) is 0 Å². The molecule has 142 valence electrons. The highest BCUT2D eigenvalue weighted by Gasteiger charge is 2.15. The first-order valence-electron chi connectivity index (χ1n) is 9.20. The highest BCUT2D eigenvalue weighted by molar-refractivity contribution is 7.09. The maximum atomic E-state index is 10.3. The number of likely N-dealkylation sites (N-methyl/N-ethyl adjacent to an activating group) is 1. The van der Waals surface area contributed by atoms with Crippen molar-refractivity contribution in [1.82, 2.24) is 15.0 Å². The Kier molecular flexibility index (Phi) is 4.96. The summed E-state index contributed by atoms with van der Waals surface area (Å²) in [5, 5.41) is 11.3. The van der Waals surface area contributed by atoms with E-state index in [1.165, 1.54) is 4.88 Å². The van der Waals surface area contributed by atoms with Crippen LogP contribution in [0.3, 0.4) is 0 Å². The zero-order valence-corrected chi connectivity index (χ0v) is 17.0. The lowest BCUT2D eigenvalue weighted by Crippen LogP contribution is -2.22. The Hall–Kier alpha value is -2.99. The number of fused-ring (bicyclic) bond motifs is 1. The lowest BCUT2D eigenvalue weighted by Gasteiger charge is -2.21. The molecule has 2 aromatic carbocycles. The molecule has 2 aromatic heterocycles. The molecule has 4 aromatic rings. The summed E-state index contributed by atoms with van der Waals surface area (Å²) < 4.78 is 0. The number of rotatable bonds is 5. The molecule has 0 aliphatic rings. The van der Waals surface area contributed by atoms with Crippen LogP contribution in [0.4, 0.5) is 5.82 Å². The van der Waals surface area contributed by atoms with Gasteiger partial charge in [0.05, 0.1) is 22.3 Å². The Morgan fingerprint density at radius 3 is 2.64 bits per heavy atom. The Morgan fingerprint density at radius 2 is 1.89 bits per heavy atom. The molecule has 6 heteroatoms. The molecule has 2 heterocycles. The predicted octanol–water partition coefficient (Wildman–Crippen LogP) is 4.75. The molecule has 28 heavy (non-hydrogen) atoms. The van der Waals surface area contributed by atoms with Gasteiger partial charge in [0.15, 0.2) is 5.82 Å². The molecule has 0 fully saturated rings. The van der Waals surface area contributed by atoms with E-state index in [0.29, 0.717) is 11.4 Å². The normalized spacial score (nSPS) is 11.1. The number of phenols is 1. The van der Waals surface area contributed by atoms with E-state index in [1.54, 1.807) is 23.5 Å². The third kappa shape index (κ3) is 3.55. The standard InChI is InChI=1S/C22H22N4OS/c1-14-8-9-16-18(12-14)24-21(17-6-4-5-7-19(17)27)25-22(16)26(3)11-10-20-15(2)23-13-28-20/h4-9,12-13,27H,10-11H2,1-3H3. The number of hydrogen-bond acceptors (Lipinski definition) is 6. The topological polar surface area (TPSA) is 62.1 Å². The van der Waals surface area contributed by atoms with E-state index in [1.807, 2.05) is 31.6 Å². The summed E-state index contributed by atoms with van der Waals surface area (Å²) in [5.74, 6) is 1.58. The second-order valence-corrected chi connectivity index (χ2v) is 7.88. The summed E-state index contributed by atoms with van der Waals surface area (Å²) in [6.07, 6.45) is 0.913. The van der Waals surface area contributed by atoms with Gasteiger partial charge in [0, 0.05) is 30.3 Å². The second kappa shape index (κ2) is 7.56. The highest BCUT2D eigenvalue weighted by Crippen LogP contribution is 2.31. The van der Waals surface area contributed by atoms with Crippen molar-refractivity contribution in [3.05, 3.63) is 64.1 Å². The van der Waals surface area contributed by atoms with Crippen LogP contribution >= 0.6 is 11.3 Å². The molecule has 0 saturated heterocycles. The van der Waals surface area contributed by atoms with Gasteiger partial charge in [-0.25, -0.2) is 15.0 Å². The van der Waals surface area contributed by atoms with E-state index < -0.39 is 0 Å². The van der Waals surface area contributed by atoms with Gasteiger partial charge < -0.3 is 10.0 Å². The molecule has 0 spiro atoms. The van der Waals surface area contributed by atoms with Gasteiger partial charge >= 0.3 is 0 Å². The molecule has 0 saturated carbocycles. The van der Waals surface area contributed by atoms with Gasteiger partial charge in [0.25, 0.3) is 0 Å². The van der Waals surface area contributed by atoms with Gasteiger partial charge in [0.1, 0.15) is 11.6 Å². The second-order valence-electron chi connectivity index (χ2n) is 6.94. The molecule has 0 atom stereocenters. The van der Waals surface area contributed by atoms with Crippen LogP contribution in [-0.4, -0.2) is 33.7 Å². The minimum absolute atomic E-state index is 0.184. The number of anilines is 1. The molecular formula is C22H22N4OS. The van der Waals surface area contributed by atoms with Crippen LogP contribution < -0.4 is 4.90 Å². The maximum absolute atomic E-state index is 10.3. The van der Waals surface area contributed by atoms with E-state index in [9.17, 15) is 5.11 Å². The van der Waals surface area contributed by atoms with Gasteiger partial charge in [-0.3, -0.25) is 0 Å². The number of benzene rings is 2. The maximum Gasteiger partial charge on any atom is 0.165 e. The zero-order valence-electron chi connectivity index (χ0n) is 16.2. The summed E-state index contributed by atoms with van der Waals surface area (Å²) >= 11 is 1.69. The van der Waals surface area contributed by atoms with Crippen LogP contribution in [0.25, 0.3) is 22.3 Å². The smallest absolute Gasteiger partial charge is 0.165 e. The summed E-state index contributed by atoms with van der Waals surface area (Å²) in [5.41, 5.74) is 5.65. The summed E-state index contributed by atoms with van der Waals surface area (Å²) in [7, 11) is 2.05. The monoisotopic (exact) mass is 390 g/mol. The van der Waals surface area contributed by atoms with Crippen molar-refractivity contribution in [2.45, 2.75) is 20.3 Å². The number of nitrogens with zero attached hydrogens (tertiary/aromatic N) is 4. The van der Waals surface area contributed by atoms with Crippen molar-refractivity contribution < 1.29 is 5.11 Å². The molecule has 1 N–H and O–H groups in total. The van der Waals surface area contributed by atoms with Gasteiger partial charge in [-0.15, -0.1) is 11.3 Å². The quantitative estimate of drug-likeness (QED) is 0.533. The molecule has 0 amide bonds. The number of hydrogen-bond donors (Lipinski definition) is 1. The van der Waals surface area contributed by atoms with Gasteiger partial charge in [-0.05, 0) is 43.7 Å². The van der Waals surface area contributed by atoms with Crippen LogP contribution in [0.1, 0.15) is 16.1 Å². The highest BCUT2D eigenvalue weighted by atomic mass is 32.1. The average molecular weight is 391 g/mol. The van der Waals surface area contributed by atoms with Gasteiger partial charge in [-0.1, -0.05) is 18.2 Å². The lowest BCUT2D eigenvalue weighted by atomic mass is 10.1.